The minimum atomic E-state index is -0.301. The zero-order valence-corrected chi connectivity index (χ0v) is 18.9. The third-order valence-corrected chi connectivity index (χ3v) is 6.19. The molecule has 0 saturated carbocycles. The van der Waals surface area contributed by atoms with Gasteiger partial charge >= 0.3 is 0 Å². The first-order chi connectivity index (χ1) is 13.0. The number of hydrogen-bond acceptors (Lipinski definition) is 4. The summed E-state index contributed by atoms with van der Waals surface area (Å²) >= 11 is 4.80. The highest BCUT2D eigenvalue weighted by Gasteiger charge is 2.23. The second-order valence-electron chi connectivity index (χ2n) is 6.07. The molecule has 0 aliphatic rings. The Hall–Kier alpha value is -1.54. The van der Waals surface area contributed by atoms with Crippen molar-refractivity contribution in [2.45, 2.75) is 13.8 Å². The number of rotatable bonds is 7. The van der Waals surface area contributed by atoms with E-state index in [2.05, 4.69) is 39.7 Å². The van der Waals surface area contributed by atoms with E-state index in [0.29, 0.717) is 22.8 Å². The lowest BCUT2D eigenvalue weighted by molar-refractivity contribution is 0.0983. The Morgan fingerprint density at radius 3 is 2.54 bits per heavy atom. The van der Waals surface area contributed by atoms with Crippen molar-refractivity contribution in [3.05, 3.63) is 58.3 Å². The number of carbonyl (C=O) groups is 1. The molecule has 8 heteroatoms. The van der Waals surface area contributed by atoms with Gasteiger partial charge in [-0.05, 0) is 59.4 Å². The van der Waals surface area contributed by atoms with E-state index in [4.69, 9.17) is 0 Å². The average Bonchev–Trinajstić information content (AvgIpc) is 3.08. The van der Waals surface area contributed by atoms with Crippen LogP contribution in [0.3, 0.4) is 0 Å². The van der Waals surface area contributed by atoms with E-state index < -0.39 is 0 Å². The number of thiazole rings is 1. The van der Waals surface area contributed by atoms with Crippen LogP contribution in [-0.4, -0.2) is 42.0 Å². The summed E-state index contributed by atoms with van der Waals surface area (Å²) in [5, 5.41) is 0.587. The number of hydrogen-bond donors (Lipinski definition) is 0. The molecule has 0 saturated heterocycles. The molecule has 0 spiro atoms. The molecule has 4 nitrogen and oxygen atoms in total. The van der Waals surface area contributed by atoms with Gasteiger partial charge in [-0.2, -0.15) is 0 Å². The first kappa shape index (κ1) is 22.7. The van der Waals surface area contributed by atoms with E-state index in [0.717, 1.165) is 28.8 Å². The van der Waals surface area contributed by atoms with Gasteiger partial charge in [0, 0.05) is 17.6 Å². The normalized spacial score (nSPS) is 10.9. The molecule has 0 aliphatic carbocycles. The number of aromatic nitrogens is 1. The van der Waals surface area contributed by atoms with Crippen LogP contribution in [0.25, 0.3) is 10.2 Å². The second-order valence-corrected chi connectivity index (χ2v) is 7.94. The van der Waals surface area contributed by atoms with Crippen LogP contribution in [-0.2, 0) is 0 Å². The fourth-order valence-corrected chi connectivity index (χ4v) is 4.32. The lowest BCUT2D eigenvalue weighted by atomic mass is 10.2. The Morgan fingerprint density at radius 2 is 1.86 bits per heavy atom. The minimum absolute atomic E-state index is 0. The van der Waals surface area contributed by atoms with Gasteiger partial charge < -0.3 is 4.90 Å². The second kappa shape index (κ2) is 10.3. The summed E-state index contributed by atoms with van der Waals surface area (Å²) in [4.78, 5) is 21.8. The molecule has 0 radical (unpaired) electrons. The summed E-state index contributed by atoms with van der Waals surface area (Å²) in [6, 6.07) is 11.9. The molecule has 2 aromatic carbocycles. The number of anilines is 1. The highest BCUT2D eigenvalue weighted by molar-refractivity contribution is 9.10. The van der Waals surface area contributed by atoms with Crippen LogP contribution in [0.15, 0.2) is 46.9 Å². The first-order valence-corrected chi connectivity index (χ1v) is 10.5. The summed E-state index contributed by atoms with van der Waals surface area (Å²) in [7, 11) is 0. The maximum Gasteiger partial charge on any atom is 0.261 e. The highest BCUT2D eigenvalue weighted by Crippen LogP contribution is 2.31. The summed E-state index contributed by atoms with van der Waals surface area (Å²) < 4.78 is 15.0. The van der Waals surface area contributed by atoms with E-state index in [1.54, 1.807) is 17.0 Å². The van der Waals surface area contributed by atoms with Gasteiger partial charge in [0.25, 0.3) is 5.91 Å². The molecule has 0 N–H and O–H groups in total. The third-order valence-electron chi connectivity index (χ3n) is 4.45. The maximum absolute atomic E-state index is 13.6. The van der Waals surface area contributed by atoms with E-state index in [9.17, 15) is 9.18 Å². The quantitative estimate of drug-likeness (QED) is 0.436. The zero-order valence-electron chi connectivity index (χ0n) is 15.7. The lowest BCUT2D eigenvalue weighted by Crippen LogP contribution is -2.39. The summed E-state index contributed by atoms with van der Waals surface area (Å²) in [6.45, 7) is 7.29. The Kier molecular flexibility index (Phi) is 8.37. The van der Waals surface area contributed by atoms with Crippen molar-refractivity contribution in [3.63, 3.8) is 0 Å². The number of carbonyl (C=O) groups excluding carboxylic acids is 1. The third kappa shape index (κ3) is 5.08. The van der Waals surface area contributed by atoms with Crippen LogP contribution >= 0.6 is 39.7 Å². The van der Waals surface area contributed by atoms with Crippen molar-refractivity contribution in [3.8, 4) is 0 Å². The predicted octanol–water partition coefficient (Wildman–Crippen LogP) is 5.61. The van der Waals surface area contributed by atoms with Crippen molar-refractivity contribution in [1.82, 2.24) is 9.88 Å². The van der Waals surface area contributed by atoms with Gasteiger partial charge in [0.05, 0.1) is 15.8 Å². The van der Waals surface area contributed by atoms with E-state index in [1.165, 1.54) is 23.5 Å². The van der Waals surface area contributed by atoms with Crippen molar-refractivity contribution in [2.24, 2.45) is 0 Å². The van der Waals surface area contributed by atoms with Crippen LogP contribution in [0.2, 0.25) is 0 Å². The maximum atomic E-state index is 13.6. The van der Waals surface area contributed by atoms with E-state index in [-0.39, 0.29) is 24.1 Å². The number of nitrogens with zero attached hydrogens (tertiary/aromatic N) is 3. The fourth-order valence-electron chi connectivity index (χ4n) is 2.85. The number of fused-ring (bicyclic) bond motifs is 1. The average molecular weight is 487 g/mol. The van der Waals surface area contributed by atoms with Crippen LogP contribution in [0.5, 0.6) is 0 Å². The molecule has 3 rings (SSSR count). The van der Waals surface area contributed by atoms with Gasteiger partial charge in [-0.25, -0.2) is 9.37 Å². The van der Waals surface area contributed by atoms with E-state index >= 15 is 0 Å². The lowest BCUT2D eigenvalue weighted by Gasteiger charge is -2.25. The van der Waals surface area contributed by atoms with Crippen LogP contribution in [0.4, 0.5) is 9.52 Å². The number of halogens is 3. The molecule has 1 amide bonds. The summed E-state index contributed by atoms with van der Waals surface area (Å²) in [6.07, 6.45) is 0. The molecule has 1 heterocycles. The van der Waals surface area contributed by atoms with Crippen LogP contribution < -0.4 is 4.90 Å². The smallest absolute Gasteiger partial charge is 0.261 e. The van der Waals surface area contributed by atoms with E-state index in [1.807, 2.05) is 18.2 Å². The Bertz CT molecular complexity index is 948. The number of benzene rings is 2. The molecular weight excluding hydrogens is 465 g/mol. The largest absolute Gasteiger partial charge is 0.302 e. The molecule has 1 aromatic heterocycles. The molecule has 0 fully saturated rings. The van der Waals surface area contributed by atoms with Gasteiger partial charge in [0.2, 0.25) is 0 Å². The van der Waals surface area contributed by atoms with Crippen molar-refractivity contribution < 1.29 is 9.18 Å². The van der Waals surface area contributed by atoms with Gasteiger partial charge in [-0.1, -0.05) is 37.3 Å². The van der Waals surface area contributed by atoms with Crippen molar-refractivity contribution in [1.29, 1.82) is 0 Å². The Labute approximate surface area is 182 Å². The molecule has 0 unspecified atom stereocenters. The van der Waals surface area contributed by atoms with Gasteiger partial charge in [0.1, 0.15) is 5.82 Å². The molecule has 150 valence electrons. The molecule has 0 aliphatic heterocycles. The SMILES string of the molecule is CCN(CC)CCN(C(=O)c1ccccc1Br)c1nc2ccc(F)cc2s1.Cl. The van der Waals surface area contributed by atoms with Crippen molar-refractivity contribution >= 4 is 60.9 Å². The first-order valence-electron chi connectivity index (χ1n) is 8.88. The highest BCUT2D eigenvalue weighted by atomic mass is 79.9. The number of likely N-dealkylation sites (N-methyl/N-ethyl adjacent to an activating group) is 1. The van der Waals surface area contributed by atoms with Crippen LogP contribution in [0.1, 0.15) is 24.2 Å². The molecule has 0 atom stereocenters. The Morgan fingerprint density at radius 1 is 1.14 bits per heavy atom. The molecule has 0 bridgehead atoms. The zero-order chi connectivity index (χ0) is 19.4. The van der Waals surface area contributed by atoms with Crippen LogP contribution in [0, 0.1) is 5.82 Å². The molecule has 28 heavy (non-hydrogen) atoms. The molecular formula is C20H22BrClFN3OS. The minimum Gasteiger partial charge on any atom is -0.302 e. The predicted molar refractivity (Wildman–Crippen MR) is 120 cm³/mol. The molecule has 3 aromatic rings. The van der Waals surface area contributed by atoms with Gasteiger partial charge in [0.15, 0.2) is 5.13 Å². The monoisotopic (exact) mass is 485 g/mol. The summed E-state index contributed by atoms with van der Waals surface area (Å²) in [5.74, 6) is -0.418. The van der Waals surface area contributed by atoms with Gasteiger partial charge in [-0.3, -0.25) is 9.69 Å². The Balaban J connectivity index is 0.00000280. The van der Waals surface area contributed by atoms with Crippen molar-refractivity contribution in [2.75, 3.05) is 31.1 Å². The van der Waals surface area contributed by atoms with Gasteiger partial charge in [-0.15, -0.1) is 12.4 Å². The standard InChI is InChI=1S/C20H21BrFN3OS.ClH/c1-3-24(4-2)11-12-25(19(26)15-7-5-6-8-16(15)21)20-23-17-10-9-14(22)13-18(17)27-20;/h5-10,13H,3-4,11-12H2,1-2H3;1H. The summed E-state index contributed by atoms with van der Waals surface area (Å²) in [5.41, 5.74) is 1.28. The topological polar surface area (TPSA) is 36.4 Å². The number of amides is 1. The fraction of sp³-hybridized carbons (Fsp3) is 0.300.